The van der Waals surface area contributed by atoms with Crippen LogP contribution in [0.25, 0.3) is 0 Å². The molecule has 2 aromatic heterocycles. The Morgan fingerprint density at radius 3 is 2.65 bits per heavy atom. The Morgan fingerprint density at radius 2 is 2.00 bits per heavy atom. The molecule has 158 valence electrons. The highest BCUT2D eigenvalue weighted by Crippen LogP contribution is 2.43. The number of aliphatic hydroxyl groups excluding tert-OH is 1. The molecule has 1 atom stereocenters. The molecule has 0 saturated carbocycles. The van der Waals surface area contributed by atoms with Crippen LogP contribution in [0.3, 0.4) is 0 Å². The number of pyridine rings is 1. The van der Waals surface area contributed by atoms with Crippen LogP contribution in [0.2, 0.25) is 0 Å². The maximum atomic E-state index is 13.5. The van der Waals surface area contributed by atoms with E-state index in [1.165, 1.54) is 23.3 Å². The van der Waals surface area contributed by atoms with E-state index in [0.717, 1.165) is 10.6 Å². The number of hydrogen-bond donors (Lipinski definition) is 1. The highest BCUT2D eigenvalue weighted by molar-refractivity contribution is 7.14. The van der Waals surface area contributed by atoms with Gasteiger partial charge < -0.3 is 14.7 Å². The SMILES string of the molecule is COc1ccccc1[C@H]1C(C(=O)c2sc(C)nc2C)=C(O)C(=O)N1Cc1cccnc1. The number of aryl methyl sites for hydroxylation is 2. The number of ether oxygens (including phenoxy) is 1. The van der Waals surface area contributed by atoms with Gasteiger partial charge >= 0.3 is 0 Å². The fourth-order valence-corrected chi connectivity index (χ4v) is 4.69. The molecular formula is C23H21N3O4S. The fraction of sp³-hybridized carbons (Fsp3) is 0.217. The summed E-state index contributed by atoms with van der Waals surface area (Å²) in [6, 6.07) is 9.99. The minimum atomic E-state index is -0.807. The van der Waals surface area contributed by atoms with E-state index in [4.69, 9.17) is 4.74 Å². The summed E-state index contributed by atoms with van der Waals surface area (Å²) in [6.45, 7) is 3.74. The number of nitrogens with zero attached hydrogens (tertiary/aromatic N) is 3. The molecule has 3 aromatic rings. The van der Waals surface area contributed by atoms with Crippen LogP contribution >= 0.6 is 11.3 Å². The Kier molecular flexibility index (Phi) is 5.56. The topological polar surface area (TPSA) is 92.6 Å². The van der Waals surface area contributed by atoms with E-state index in [1.54, 1.807) is 37.5 Å². The molecule has 0 bridgehead atoms. The fourth-order valence-electron chi connectivity index (χ4n) is 3.82. The maximum absolute atomic E-state index is 13.5. The molecule has 8 heteroatoms. The van der Waals surface area contributed by atoms with E-state index in [9.17, 15) is 14.7 Å². The number of hydrogen-bond acceptors (Lipinski definition) is 7. The molecule has 0 aliphatic carbocycles. The summed E-state index contributed by atoms with van der Waals surface area (Å²) < 4.78 is 5.51. The summed E-state index contributed by atoms with van der Waals surface area (Å²) in [4.78, 5) is 37.0. The maximum Gasteiger partial charge on any atom is 0.290 e. The van der Waals surface area contributed by atoms with E-state index >= 15 is 0 Å². The number of para-hydroxylation sites is 1. The Bertz CT molecular complexity index is 1190. The van der Waals surface area contributed by atoms with Gasteiger partial charge in [0.1, 0.15) is 5.75 Å². The predicted molar refractivity (Wildman–Crippen MR) is 116 cm³/mol. The van der Waals surface area contributed by atoms with Crippen LogP contribution in [0, 0.1) is 13.8 Å². The first kappa shape index (κ1) is 20.7. The van der Waals surface area contributed by atoms with Crippen molar-refractivity contribution in [2.24, 2.45) is 0 Å². The highest BCUT2D eigenvalue weighted by Gasteiger charge is 2.45. The Balaban J connectivity index is 1.86. The van der Waals surface area contributed by atoms with Crippen molar-refractivity contribution in [1.82, 2.24) is 14.9 Å². The largest absolute Gasteiger partial charge is 0.503 e. The van der Waals surface area contributed by atoms with Crippen LogP contribution in [0.4, 0.5) is 0 Å². The third kappa shape index (κ3) is 3.70. The van der Waals surface area contributed by atoms with Crippen LogP contribution in [0.5, 0.6) is 5.75 Å². The van der Waals surface area contributed by atoms with E-state index in [0.29, 0.717) is 21.9 Å². The van der Waals surface area contributed by atoms with E-state index < -0.39 is 23.5 Å². The van der Waals surface area contributed by atoms with E-state index in [-0.39, 0.29) is 12.1 Å². The van der Waals surface area contributed by atoms with E-state index in [2.05, 4.69) is 9.97 Å². The number of amides is 1. The van der Waals surface area contributed by atoms with Gasteiger partial charge in [0.05, 0.1) is 34.3 Å². The lowest BCUT2D eigenvalue weighted by molar-refractivity contribution is -0.130. The third-order valence-electron chi connectivity index (χ3n) is 5.17. The van der Waals surface area contributed by atoms with Gasteiger partial charge in [-0.3, -0.25) is 14.6 Å². The van der Waals surface area contributed by atoms with Gasteiger partial charge in [0.15, 0.2) is 5.76 Å². The average Bonchev–Trinajstić information content (AvgIpc) is 3.24. The molecule has 4 rings (SSSR count). The van der Waals surface area contributed by atoms with Crippen molar-refractivity contribution in [2.75, 3.05) is 7.11 Å². The normalized spacial score (nSPS) is 16.2. The molecule has 0 radical (unpaired) electrons. The molecule has 31 heavy (non-hydrogen) atoms. The zero-order chi connectivity index (χ0) is 22.1. The molecule has 1 aliphatic heterocycles. The van der Waals surface area contributed by atoms with Gasteiger partial charge in [-0.05, 0) is 31.5 Å². The summed E-state index contributed by atoms with van der Waals surface area (Å²) >= 11 is 1.25. The summed E-state index contributed by atoms with van der Waals surface area (Å²) in [6.07, 6.45) is 3.30. The molecule has 1 aliphatic rings. The molecule has 0 saturated heterocycles. The van der Waals surface area contributed by atoms with Gasteiger partial charge in [0.25, 0.3) is 5.91 Å². The van der Waals surface area contributed by atoms with Crippen LogP contribution in [-0.2, 0) is 11.3 Å². The van der Waals surface area contributed by atoms with Crippen molar-refractivity contribution >= 4 is 23.0 Å². The van der Waals surface area contributed by atoms with Crippen LogP contribution in [0.1, 0.15) is 37.5 Å². The predicted octanol–water partition coefficient (Wildman–Crippen LogP) is 3.94. The van der Waals surface area contributed by atoms with Gasteiger partial charge in [-0.25, -0.2) is 4.98 Å². The van der Waals surface area contributed by atoms with E-state index in [1.807, 2.05) is 25.1 Å². The lowest BCUT2D eigenvalue weighted by Gasteiger charge is -2.28. The van der Waals surface area contributed by atoms with Crippen LogP contribution in [0.15, 0.2) is 60.1 Å². The summed E-state index contributed by atoms with van der Waals surface area (Å²) in [5.74, 6) is -1.04. The van der Waals surface area contributed by atoms with Crippen molar-refractivity contribution in [3.05, 3.63) is 86.8 Å². The number of methoxy groups -OCH3 is 1. The standard InChI is InChI=1S/C23H21N3O4S/c1-13-22(31-14(2)25-13)20(27)18-19(16-8-4-5-9-17(16)30-3)26(23(29)21(18)28)12-15-7-6-10-24-11-15/h4-11,19,28H,12H2,1-3H3/t19-/m0/s1. The van der Waals surface area contributed by atoms with Crippen molar-refractivity contribution < 1.29 is 19.4 Å². The smallest absolute Gasteiger partial charge is 0.290 e. The number of Topliss-reactive ketones (excluding diaryl/α,β-unsaturated/α-hetero) is 1. The minimum Gasteiger partial charge on any atom is -0.503 e. The molecule has 1 amide bonds. The Hall–Kier alpha value is -3.52. The second kappa shape index (κ2) is 8.31. The second-order valence-corrected chi connectivity index (χ2v) is 8.38. The van der Waals surface area contributed by atoms with Crippen LogP contribution in [-0.4, -0.2) is 38.8 Å². The first-order valence-electron chi connectivity index (χ1n) is 9.67. The molecule has 7 nitrogen and oxygen atoms in total. The zero-order valence-electron chi connectivity index (χ0n) is 17.3. The number of carbonyl (C=O) groups is 2. The van der Waals surface area contributed by atoms with Crippen molar-refractivity contribution in [1.29, 1.82) is 0 Å². The number of benzene rings is 1. The molecular weight excluding hydrogens is 414 g/mol. The number of thiazole rings is 1. The summed E-state index contributed by atoms with van der Waals surface area (Å²) in [5.41, 5.74) is 2.01. The van der Waals surface area contributed by atoms with Gasteiger partial charge in [-0.2, -0.15) is 0 Å². The number of carbonyl (C=O) groups excluding carboxylic acids is 2. The van der Waals surface area contributed by atoms with Crippen molar-refractivity contribution in [3.8, 4) is 5.75 Å². The van der Waals surface area contributed by atoms with Gasteiger partial charge in [0.2, 0.25) is 5.78 Å². The first-order valence-corrected chi connectivity index (χ1v) is 10.5. The molecule has 3 heterocycles. The lowest BCUT2D eigenvalue weighted by Crippen LogP contribution is -2.31. The summed E-state index contributed by atoms with van der Waals surface area (Å²) in [5, 5.41) is 11.6. The second-order valence-electron chi connectivity index (χ2n) is 7.18. The molecule has 1 aromatic carbocycles. The van der Waals surface area contributed by atoms with Crippen molar-refractivity contribution in [3.63, 3.8) is 0 Å². The quantitative estimate of drug-likeness (QED) is 0.590. The Morgan fingerprint density at radius 1 is 1.23 bits per heavy atom. The van der Waals surface area contributed by atoms with Crippen molar-refractivity contribution in [2.45, 2.75) is 26.4 Å². The lowest BCUT2D eigenvalue weighted by atomic mass is 9.94. The highest BCUT2D eigenvalue weighted by atomic mass is 32.1. The number of ketones is 1. The first-order chi connectivity index (χ1) is 14.9. The third-order valence-corrected chi connectivity index (χ3v) is 6.24. The van der Waals surface area contributed by atoms with Crippen LogP contribution < -0.4 is 4.74 Å². The molecule has 0 fully saturated rings. The van der Waals surface area contributed by atoms with Gasteiger partial charge in [-0.15, -0.1) is 11.3 Å². The Labute approximate surface area is 183 Å². The summed E-state index contributed by atoms with van der Waals surface area (Å²) in [7, 11) is 1.53. The monoisotopic (exact) mass is 435 g/mol. The zero-order valence-corrected chi connectivity index (χ0v) is 18.1. The number of aromatic nitrogens is 2. The minimum absolute atomic E-state index is 0.0325. The average molecular weight is 436 g/mol. The number of aliphatic hydroxyl groups is 1. The molecule has 1 N–H and O–H groups in total. The van der Waals surface area contributed by atoms with Gasteiger partial charge in [0, 0.05) is 24.5 Å². The van der Waals surface area contributed by atoms with Gasteiger partial charge in [-0.1, -0.05) is 24.3 Å². The number of rotatable bonds is 6. The molecule has 0 spiro atoms. The molecule has 0 unspecified atom stereocenters.